The van der Waals surface area contributed by atoms with E-state index in [1.54, 1.807) is 0 Å². The molecule has 20 heavy (non-hydrogen) atoms. The number of hydrogen-bond acceptors (Lipinski definition) is 3. The van der Waals surface area contributed by atoms with Gasteiger partial charge < -0.3 is 14.2 Å². The van der Waals surface area contributed by atoms with Crippen molar-refractivity contribution < 1.29 is 14.1 Å². The molecule has 0 unspecified atom stereocenters. The molecule has 0 radical (unpaired) electrons. The summed E-state index contributed by atoms with van der Waals surface area (Å²) in [5, 5.41) is 0. The Hall–Kier alpha value is -0.545. The average molecular weight is 281 g/mol. The highest BCUT2D eigenvalue weighted by molar-refractivity contribution is 6.47. The number of carbonyl (C=O) groups excluding carboxylic acids is 1. The topological polar surface area (TPSA) is 38.8 Å². The molecule has 0 aromatic heterocycles. The van der Waals surface area contributed by atoms with Crippen molar-refractivity contribution in [2.45, 2.75) is 71.9 Å². The zero-order valence-corrected chi connectivity index (χ0v) is 13.9. The Bertz CT molecular complexity index is 384. The first-order valence-electron chi connectivity index (χ1n) is 7.59. The predicted molar refractivity (Wildman–Crippen MR) is 80.5 cm³/mol. The van der Waals surface area contributed by atoms with Crippen molar-refractivity contribution in [2.24, 2.45) is 5.41 Å². The van der Waals surface area contributed by atoms with Gasteiger partial charge in [-0.3, -0.25) is 4.79 Å². The first kappa shape index (κ1) is 15.8. The van der Waals surface area contributed by atoms with Crippen LogP contribution in [0.3, 0.4) is 0 Å². The lowest BCUT2D eigenvalue weighted by atomic mass is 9.71. The molecular weight excluding hydrogens is 253 g/mol. The molecule has 2 aliphatic rings. The normalized spacial score (nSPS) is 29.1. The minimum atomic E-state index is -0.315. The second-order valence-electron chi connectivity index (χ2n) is 8.17. The fourth-order valence-corrected chi connectivity index (χ4v) is 2.75. The van der Waals surface area contributed by atoms with Gasteiger partial charge in [0.2, 0.25) is 5.91 Å². The monoisotopic (exact) mass is 281 g/mol. The van der Waals surface area contributed by atoms with Gasteiger partial charge in [-0.15, -0.1) is 0 Å². The summed E-state index contributed by atoms with van der Waals surface area (Å²) in [6, 6.07) is 0. The molecule has 2 rings (SSSR count). The second kappa shape index (κ2) is 4.74. The fourth-order valence-electron chi connectivity index (χ4n) is 2.75. The van der Waals surface area contributed by atoms with Crippen LogP contribution in [0.25, 0.3) is 0 Å². The Morgan fingerprint density at radius 1 is 1.15 bits per heavy atom. The van der Waals surface area contributed by atoms with E-state index in [-0.39, 0.29) is 35.5 Å². The molecule has 0 bridgehead atoms. The third-order valence-electron chi connectivity index (χ3n) is 4.81. The van der Waals surface area contributed by atoms with Crippen molar-refractivity contribution in [1.82, 2.24) is 4.90 Å². The van der Waals surface area contributed by atoms with Crippen LogP contribution >= 0.6 is 0 Å². The van der Waals surface area contributed by atoms with E-state index >= 15 is 0 Å². The maximum absolute atomic E-state index is 12.3. The van der Waals surface area contributed by atoms with Gasteiger partial charge in [0.1, 0.15) is 0 Å². The third kappa shape index (κ3) is 2.75. The first-order valence-corrected chi connectivity index (χ1v) is 7.59. The van der Waals surface area contributed by atoms with Crippen LogP contribution in [0.5, 0.6) is 0 Å². The summed E-state index contributed by atoms with van der Waals surface area (Å²) in [5.74, 6) is 0.499. The summed E-state index contributed by atoms with van der Waals surface area (Å²) >= 11 is 0. The lowest BCUT2D eigenvalue weighted by Gasteiger charge is -2.32. The lowest BCUT2D eigenvalue weighted by molar-refractivity contribution is -0.138. The molecule has 4 nitrogen and oxygen atoms in total. The maximum atomic E-state index is 12.3. The van der Waals surface area contributed by atoms with Crippen molar-refractivity contribution >= 4 is 13.0 Å². The number of nitrogens with zero attached hydrogens (tertiary/aromatic N) is 1. The highest BCUT2D eigenvalue weighted by Gasteiger charge is 2.55. The lowest BCUT2D eigenvalue weighted by Crippen LogP contribution is -2.41. The van der Waals surface area contributed by atoms with Crippen LogP contribution in [0, 0.1) is 5.41 Å². The molecule has 114 valence electrons. The highest BCUT2D eigenvalue weighted by atomic mass is 16.7. The Balaban J connectivity index is 2.00. The Kier molecular flexibility index (Phi) is 3.75. The van der Waals surface area contributed by atoms with E-state index in [1.807, 2.05) is 25.7 Å². The third-order valence-corrected chi connectivity index (χ3v) is 4.81. The fraction of sp³-hybridized carbons (Fsp3) is 0.933. The summed E-state index contributed by atoms with van der Waals surface area (Å²) in [4.78, 5) is 14.3. The largest absolute Gasteiger partial charge is 0.463 e. The van der Waals surface area contributed by atoms with E-state index in [9.17, 15) is 4.79 Å². The number of likely N-dealkylation sites (tertiary alicyclic amines) is 1. The van der Waals surface area contributed by atoms with Crippen LogP contribution in [-0.2, 0) is 14.1 Å². The quantitative estimate of drug-likeness (QED) is 0.694. The molecule has 0 aromatic carbocycles. The summed E-state index contributed by atoms with van der Waals surface area (Å²) in [5.41, 5.74) is -0.900. The van der Waals surface area contributed by atoms with Gasteiger partial charge in [-0.2, -0.15) is 0 Å². The Morgan fingerprint density at radius 2 is 1.65 bits per heavy atom. The molecular formula is C15H28BNO3. The van der Waals surface area contributed by atoms with Gasteiger partial charge in [0, 0.05) is 24.3 Å². The summed E-state index contributed by atoms with van der Waals surface area (Å²) in [7, 11) is -0.197. The van der Waals surface area contributed by atoms with Gasteiger partial charge in [0.05, 0.1) is 11.2 Å². The van der Waals surface area contributed by atoms with Gasteiger partial charge >= 0.3 is 7.12 Å². The first-order chi connectivity index (χ1) is 8.94. The van der Waals surface area contributed by atoms with Crippen LogP contribution < -0.4 is 0 Å². The molecule has 2 heterocycles. The zero-order chi connectivity index (χ0) is 15.3. The smallest absolute Gasteiger partial charge is 0.403 e. The predicted octanol–water partition coefficient (Wildman–Crippen LogP) is 2.73. The van der Waals surface area contributed by atoms with Crippen molar-refractivity contribution in [3.05, 3.63) is 0 Å². The van der Waals surface area contributed by atoms with Gasteiger partial charge in [0.25, 0.3) is 0 Å². The van der Waals surface area contributed by atoms with Crippen LogP contribution in [-0.4, -0.2) is 42.2 Å². The minimum absolute atomic E-state index is 0.197. The molecule has 0 saturated carbocycles. The van der Waals surface area contributed by atoms with E-state index in [1.165, 1.54) is 0 Å². The molecule has 2 fully saturated rings. The van der Waals surface area contributed by atoms with E-state index in [4.69, 9.17) is 9.31 Å². The van der Waals surface area contributed by atoms with Crippen molar-refractivity contribution in [1.29, 1.82) is 0 Å². The molecule has 2 saturated heterocycles. The summed E-state index contributed by atoms with van der Waals surface area (Å²) < 4.78 is 12.2. The minimum Gasteiger partial charge on any atom is -0.403 e. The molecule has 1 atom stereocenters. The van der Waals surface area contributed by atoms with Gasteiger partial charge in [-0.25, -0.2) is 0 Å². The molecule has 5 heteroatoms. The van der Waals surface area contributed by atoms with E-state index in [0.717, 1.165) is 19.5 Å². The molecule has 1 amide bonds. The highest BCUT2D eigenvalue weighted by Crippen LogP contribution is 2.42. The molecule has 0 N–H and O–H groups in total. The van der Waals surface area contributed by atoms with E-state index in [2.05, 4.69) is 27.7 Å². The number of hydrogen-bond donors (Lipinski definition) is 0. The molecule has 0 aliphatic carbocycles. The standard InChI is InChI=1S/C15H28BNO3/c1-13(2,3)12(18)17-9-8-11(10-17)16-19-14(4,5)15(6,7)20-16/h11H,8-10H2,1-7H3/t11-/m0/s1. The second-order valence-corrected chi connectivity index (χ2v) is 8.17. The summed E-state index contributed by atoms with van der Waals surface area (Å²) in [6.07, 6.45) is 0.957. The van der Waals surface area contributed by atoms with E-state index < -0.39 is 0 Å². The zero-order valence-electron chi connectivity index (χ0n) is 13.9. The van der Waals surface area contributed by atoms with Gasteiger partial charge in [0.15, 0.2) is 0 Å². The summed E-state index contributed by atoms with van der Waals surface area (Å²) in [6.45, 7) is 15.7. The van der Waals surface area contributed by atoms with Crippen LogP contribution in [0.15, 0.2) is 0 Å². The molecule has 2 aliphatic heterocycles. The SMILES string of the molecule is CC(C)(C)C(=O)N1CC[C@H](B2OC(C)(C)C(C)(C)O2)C1. The van der Waals surface area contributed by atoms with E-state index in [0.29, 0.717) is 0 Å². The van der Waals surface area contributed by atoms with Crippen molar-refractivity contribution in [3.63, 3.8) is 0 Å². The number of rotatable bonds is 1. The van der Waals surface area contributed by atoms with Gasteiger partial charge in [-0.1, -0.05) is 20.8 Å². The van der Waals surface area contributed by atoms with Crippen LogP contribution in [0.1, 0.15) is 54.9 Å². The number of amides is 1. The van der Waals surface area contributed by atoms with Crippen molar-refractivity contribution in [2.75, 3.05) is 13.1 Å². The Labute approximate surface area is 123 Å². The number of carbonyl (C=O) groups is 1. The van der Waals surface area contributed by atoms with Crippen LogP contribution in [0.4, 0.5) is 0 Å². The Morgan fingerprint density at radius 3 is 2.10 bits per heavy atom. The van der Waals surface area contributed by atoms with Gasteiger partial charge in [-0.05, 0) is 34.1 Å². The maximum Gasteiger partial charge on any atom is 0.463 e. The van der Waals surface area contributed by atoms with Crippen molar-refractivity contribution in [3.8, 4) is 0 Å². The molecule has 0 spiro atoms. The van der Waals surface area contributed by atoms with Crippen LogP contribution in [0.2, 0.25) is 5.82 Å². The molecule has 0 aromatic rings. The average Bonchev–Trinajstić information content (AvgIpc) is 2.80.